The summed E-state index contributed by atoms with van der Waals surface area (Å²) in [5.74, 6) is -0.313. The smallest absolute Gasteiger partial charge is 0.257 e. The van der Waals surface area contributed by atoms with Crippen molar-refractivity contribution >= 4 is 51.3 Å². The van der Waals surface area contributed by atoms with E-state index in [2.05, 4.69) is 15.6 Å². The molecule has 1 aromatic heterocycles. The lowest BCUT2D eigenvalue weighted by Crippen LogP contribution is -2.34. The van der Waals surface area contributed by atoms with Crippen molar-refractivity contribution in [2.45, 2.75) is 0 Å². The first-order valence-corrected chi connectivity index (χ1v) is 6.59. The quantitative estimate of drug-likeness (QED) is 0.837. The molecule has 2 aromatic rings. The fraction of sp³-hybridized carbons (Fsp3) is 0. The second-order valence-corrected chi connectivity index (χ2v) is 5.00. The number of carbonyl (C=O) groups excluding carboxylic acids is 1. The molecule has 0 atom stereocenters. The topological polar surface area (TPSA) is 54.0 Å². The van der Waals surface area contributed by atoms with E-state index in [-0.39, 0.29) is 11.0 Å². The summed E-state index contributed by atoms with van der Waals surface area (Å²) < 4.78 is 0. The number of nitrogens with one attached hydrogen (secondary N) is 2. The van der Waals surface area contributed by atoms with Crippen LogP contribution in [0.25, 0.3) is 0 Å². The van der Waals surface area contributed by atoms with Crippen molar-refractivity contribution in [3.05, 3.63) is 46.4 Å². The first-order valence-electron chi connectivity index (χ1n) is 4.92. The Morgan fingerprint density at radius 1 is 1.44 bits per heavy atom. The molecule has 2 N–H and O–H groups in total. The van der Waals surface area contributed by atoms with Crippen LogP contribution < -0.4 is 10.6 Å². The third kappa shape index (κ3) is 3.49. The van der Waals surface area contributed by atoms with Gasteiger partial charge in [-0.05, 0) is 30.4 Å². The van der Waals surface area contributed by atoms with Crippen LogP contribution in [0.3, 0.4) is 0 Å². The van der Waals surface area contributed by atoms with Crippen molar-refractivity contribution in [2.24, 2.45) is 0 Å². The molecule has 7 heteroatoms. The molecule has 0 bridgehead atoms. The zero-order valence-electron chi connectivity index (χ0n) is 9.01. The van der Waals surface area contributed by atoms with Gasteiger partial charge in [0.2, 0.25) is 0 Å². The maximum atomic E-state index is 11.8. The molecular weight excluding hydrogens is 290 g/mol. The van der Waals surface area contributed by atoms with Crippen molar-refractivity contribution < 1.29 is 4.79 Å². The highest BCUT2D eigenvalue weighted by Crippen LogP contribution is 2.11. The first-order chi connectivity index (χ1) is 8.65. The van der Waals surface area contributed by atoms with Crippen molar-refractivity contribution in [1.82, 2.24) is 10.3 Å². The molecule has 0 radical (unpaired) electrons. The highest BCUT2D eigenvalue weighted by Gasteiger charge is 2.08. The zero-order valence-corrected chi connectivity index (χ0v) is 11.4. The molecule has 0 saturated carbocycles. The molecule has 0 aliphatic rings. The van der Waals surface area contributed by atoms with Crippen LogP contribution in [0.1, 0.15) is 10.4 Å². The van der Waals surface area contributed by atoms with Gasteiger partial charge in [0.1, 0.15) is 0 Å². The summed E-state index contributed by atoms with van der Waals surface area (Å²) in [5.41, 5.74) is 0.450. The van der Waals surface area contributed by atoms with Gasteiger partial charge in [-0.2, -0.15) is 0 Å². The van der Waals surface area contributed by atoms with Crippen LogP contribution in [0, 0.1) is 0 Å². The molecule has 0 aliphatic heterocycles. The Labute approximate surface area is 118 Å². The molecular formula is C11H8ClN3OS2. The number of aromatic nitrogens is 1. The Morgan fingerprint density at radius 3 is 2.94 bits per heavy atom. The average molecular weight is 298 g/mol. The van der Waals surface area contributed by atoms with Crippen LogP contribution in [-0.2, 0) is 0 Å². The average Bonchev–Trinajstić information content (AvgIpc) is 2.81. The van der Waals surface area contributed by atoms with Gasteiger partial charge in [-0.15, -0.1) is 11.3 Å². The van der Waals surface area contributed by atoms with Gasteiger partial charge in [0, 0.05) is 22.2 Å². The normalized spacial score (nSPS) is 9.83. The Bertz CT molecular complexity index is 571. The Kier molecular flexibility index (Phi) is 4.24. The second kappa shape index (κ2) is 5.90. The van der Waals surface area contributed by atoms with Gasteiger partial charge >= 0.3 is 0 Å². The summed E-state index contributed by atoms with van der Waals surface area (Å²) in [6.45, 7) is 0. The van der Waals surface area contributed by atoms with Gasteiger partial charge in [0.15, 0.2) is 10.2 Å². The highest BCUT2D eigenvalue weighted by molar-refractivity contribution is 7.80. The lowest BCUT2D eigenvalue weighted by atomic mass is 10.2. The number of benzene rings is 1. The van der Waals surface area contributed by atoms with E-state index in [1.54, 1.807) is 30.5 Å². The minimum absolute atomic E-state index is 0.204. The maximum absolute atomic E-state index is 11.8. The van der Waals surface area contributed by atoms with Gasteiger partial charge in [-0.3, -0.25) is 10.1 Å². The number of anilines is 1. The van der Waals surface area contributed by atoms with Crippen molar-refractivity contribution in [3.8, 4) is 0 Å². The first kappa shape index (κ1) is 12.9. The van der Waals surface area contributed by atoms with E-state index < -0.39 is 0 Å². The molecule has 0 spiro atoms. The Hall–Kier alpha value is -1.50. The number of halogens is 1. The third-order valence-corrected chi connectivity index (χ3v) is 3.09. The van der Waals surface area contributed by atoms with Crippen LogP contribution >= 0.6 is 35.2 Å². The maximum Gasteiger partial charge on any atom is 0.257 e. The highest BCUT2D eigenvalue weighted by atomic mass is 35.5. The summed E-state index contributed by atoms with van der Waals surface area (Å²) in [4.78, 5) is 15.8. The van der Waals surface area contributed by atoms with Gasteiger partial charge in [0.05, 0.1) is 0 Å². The number of rotatable bonds is 2. The molecule has 18 heavy (non-hydrogen) atoms. The summed E-state index contributed by atoms with van der Waals surface area (Å²) >= 11 is 12.2. The van der Waals surface area contributed by atoms with Gasteiger partial charge < -0.3 is 5.32 Å². The predicted octanol–water partition coefficient (Wildman–Crippen LogP) is 2.92. The number of carbonyl (C=O) groups is 1. The fourth-order valence-electron chi connectivity index (χ4n) is 1.22. The SMILES string of the molecule is O=C(NC(=S)Nc1nccs1)c1cccc(Cl)c1. The van der Waals surface area contributed by atoms with Crippen LogP contribution in [0.15, 0.2) is 35.8 Å². The molecule has 2 rings (SSSR count). The molecule has 1 heterocycles. The van der Waals surface area contributed by atoms with Crippen molar-refractivity contribution in [2.75, 3.05) is 5.32 Å². The molecule has 4 nitrogen and oxygen atoms in total. The number of thiocarbonyl (C=S) groups is 1. The minimum Gasteiger partial charge on any atom is -0.308 e. The van der Waals surface area contributed by atoms with Crippen LogP contribution in [0.2, 0.25) is 5.02 Å². The molecule has 0 fully saturated rings. The van der Waals surface area contributed by atoms with Crippen molar-refractivity contribution in [1.29, 1.82) is 0 Å². The molecule has 1 amide bonds. The largest absolute Gasteiger partial charge is 0.308 e. The van der Waals surface area contributed by atoms with Gasteiger partial charge in [0.25, 0.3) is 5.91 Å². The van der Waals surface area contributed by atoms with E-state index >= 15 is 0 Å². The summed E-state index contributed by atoms with van der Waals surface area (Å²) in [6.07, 6.45) is 1.65. The molecule has 0 saturated heterocycles. The van der Waals surface area contributed by atoms with E-state index in [1.807, 2.05) is 5.38 Å². The van der Waals surface area contributed by atoms with E-state index in [1.165, 1.54) is 11.3 Å². The van der Waals surface area contributed by atoms with E-state index in [0.29, 0.717) is 15.7 Å². The van der Waals surface area contributed by atoms with E-state index in [0.717, 1.165) is 0 Å². The molecule has 0 aliphatic carbocycles. The zero-order chi connectivity index (χ0) is 13.0. The van der Waals surface area contributed by atoms with Gasteiger partial charge in [-0.25, -0.2) is 4.98 Å². The molecule has 1 aromatic carbocycles. The third-order valence-electron chi connectivity index (χ3n) is 1.97. The van der Waals surface area contributed by atoms with Crippen LogP contribution in [0.5, 0.6) is 0 Å². The van der Waals surface area contributed by atoms with Crippen LogP contribution in [0.4, 0.5) is 5.13 Å². The van der Waals surface area contributed by atoms with E-state index in [4.69, 9.17) is 23.8 Å². The van der Waals surface area contributed by atoms with Crippen molar-refractivity contribution in [3.63, 3.8) is 0 Å². The van der Waals surface area contributed by atoms with Crippen LogP contribution in [-0.4, -0.2) is 16.0 Å². The van der Waals surface area contributed by atoms with E-state index in [9.17, 15) is 4.79 Å². The summed E-state index contributed by atoms with van der Waals surface area (Å²) in [6, 6.07) is 6.63. The fourth-order valence-corrected chi connectivity index (χ4v) is 2.20. The summed E-state index contributed by atoms with van der Waals surface area (Å²) in [7, 11) is 0. The predicted molar refractivity (Wildman–Crippen MR) is 77.3 cm³/mol. The standard InChI is InChI=1S/C11H8ClN3OS2/c12-8-3-1-2-7(6-8)9(16)14-10(17)15-11-13-4-5-18-11/h1-6H,(H2,13,14,15,16,17). The summed E-state index contributed by atoms with van der Waals surface area (Å²) in [5, 5.41) is 8.51. The Balaban J connectivity index is 1.97. The lowest BCUT2D eigenvalue weighted by Gasteiger charge is -2.07. The number of hydrogen-bond acceptors (Lipinski definition) is 4. The molecule has 92 valence electrons. The minimum atomic E-state index is -0.313. The lowest BCUT2D eigenvalue weighted by molar-refractivity contribution is 0.0978. The van der Waals surface area contributed by atoms with Gasteiger partial charge in [-0.1, -0.05) is 17.7 Å². The molecule has 0 unspecified atom stereocenters. The number of amides is 1. The second-order valence-electron chi connectivity index (χ2n) is 3.26. The number of nitrogens with zero attached hydrogens (tertiary/aromatic N) is 1. The number of hydrogen-bond donors (Lipinski definition) is 2. The Morgan fingerprint density at radius 2 is 2.28 bits per heavy atom. The number of thiazole rings is 1. The monoisotopic (exact) mass is 297 g/mol.